The minimum atomic E-state index is -1.22. The predicted octanol–water partition coefficient (Wildman–Crippen LogP) is 4.92. The average Bonchev–Trinajstić information content (AvgIpc) is 2.84. The summed E-state index contributed by atoms with van der Waals surface area (Å²) in [7, 11) is 1.51. The van der Waals surface area contributed by atoms with E-state index >= 15 is 0 Å². The first-order valence-corrected chi connectivity index (χ1v) is 10.5. The van der Waals surface area contributed by atoms with Crippen LogP contribution in [0.4, 0.5) is 5.69 Å². The third-order valence-electron chi connectivity index (χ3n) is 4.57. The largest absolute Gasteiger partial charge is 0.497 e. The number of nitrogens with one attached hydrogen (secondary N) is 1. The van der Waals surface area contributed by atoms with Crippen molar-refractivity contribution in [3.05, 3.63) is 93.5 Å². The van der Waals surface area contributed by atoms with Gasteiger partial charge in [0.25, 0.3) is 5.91 Å². The van der Waals surface area contributed by atoms with Crippen molar-refractivity contribution in [1.29, 1.82) is 5.26 Å². The summed E-state index contributed by atoms with van der Waals surface area (Å²) in [6, 6.07) is 18.7. The second-order valence-corrected chi connectivity index (χ2v) is 7.69. The Hall–Kier alpha value is -4.42. The number of para-hydroxylation sites is 1. The lowest BCUT2D eigenvalue weighted by molar-refractivity contribution is -0.112. The molecule has 0 aliphatic carbocycles. The number of carboxylic acids is 1. The number of carbonyl (C=O) groups is 3. The van der Waals surface area contributed by atoms with E-state index in [9.17, 15) is 24.8 Å². The van der Waals surface area contributed by atoms with Crippen LogP contribution in [0.25, 0.3) is 6.08 Å². The molecule has 0 atom stereocenters. The van der Waals surface area contributed by atoms with Crippen molar-refractivity contribution in [2.24, 2.45) is 0 Å². The highest BCUT2D eigenvalue weighted by molar-refractivity contribution is 9.10. The maximum Gasteiger partial charge on any atom is 0.343 e. The molecule has 0 spiro atoms. The van der Waals surface area contributed by atoms with E-state index in [0.29, 0.717) is 10.2 Å². The maximum atomic E-state index is 12.7. The Morgan fingerprint density at radius 1 is 1.06 bits per heavy atom. The van der Waals surface area contributed by atoms with Crippen LogP contribution in [-0.2, 0) is 4.79 Å². The number of rotatable bonds is 7. The number of ether oxygens (including phenoxy) is 2. The molecule has 0 radical (unpaired) electrons. The van der Waals surface area contributed by atoms with Crippen molar-refractivity contribution in [2.45, 2.75) is 0 Å². The van der Waals surface area contributed by atoms with Crippen LogP contribution in [0.2, 0.25) is 0 Å². The Morgan fingerprint density at radius 3 is 2.41 bits per heavy atom. The van der Waals surface area contributed by atoms with Crippen molar-refractivity contribution < 1.29 is 29.0 Å². The van der Waals surface area contributed by atoms with Gasteiger partial charge in [0.1, 0.15) is 23.1 Å². The monoisotopic (exact) mass is 520 g/mol. The molecule has 3 rings (SSSR count). The van der Waals surface area contributed by atoms with Crippen LogP contribution >= 0.6 is 15.9 Å². The first kappa shape index (κ1) is 24.2. The molecule has 8 nitrogen and oxygen atoms in total. The second kappa shape index (κ2) is 10.9. The molecule has 0 saturated heterocycles. The molecule has 1 amide bonds. The van der Waals surface area contributed by atoms with Gasteiger partial charge in [-0.2, -0.15) is 5.26 Å². The van der Waals surface area contributed by atoms with E-state index in [2.05, 4.69) is 21.2 Å². The van der Waals surface area contributed by atoms with Crippen LogP contribution in [0.3, 0.4) is 0 Å². The highest BCUT2D eigenvalue weighted by Crippen LogP contribution is 2.27. The molecule has 0 heterocycles. The molecule has 0 bridgehead atoms. The molecular weight excluding hydrogens is 504 g/mol. The number of hydrogen-bond donors (Lipinski definition) is 2. The van der Waals surface area contributed by atoms with E-state index < -0.39 is 17.8 Å². The summed E-state index contributed by atoms with van der Waals surface area (Å²) in [6.07, 6.45) is 1.25. The first-order chi connectivity index (χ1) is 16.3. The van der Waals surface area contributed by atoms with Crippen molar-refractivity contribution >= 4 is 45.5 Å². The van der Waals surface area contributed by atoms with Gasteiger partial charge in [0.15, 0.2) is 0 Å². The Morgan fingerprint density at radius 2 is 1.76 bits per heavy atom. The molecule has 0 unspecified atom stereocenters. The Balaban J connectivity index is 1.89. The standard InChI is InChI=1S/C25H17BrN2O6/c1-33-19-9-6-15(7-10-19)25(32)34-22-11-8-18(26)13-16(22)12-17(14-27)23(29)28-21-5-3-2-4-20(21)24(30)31/h2-13H,1H3,(H,28,29)(H,30,31)/b17-12+. The summed E-state index contributed by atoms with van der Waals surface area (Å²) < 4.78 is 11.2. The summed E-state index contributed by atoms with van der Waals surface area (Å²) in [4.78, 5) is 36.7. The SMILES string of the molecule is COc1ccc(C(=O)Oc2ccc(Br)cc2/C=C(\C#N)C(=O)Nc2ccccc2C(=O)O)cc1. The van der Waals surface area contributed by atoms with Crippen LogP contribution in [0.5, 0.6) is 11.5 Å². The van der Waals surface area contributed by atoms with Crippen molar-refractivity contribution in [3.8, 4) is 17.6 Å². The van der Waals surface area contributed by atoms with Crippen molar-refractivity contribution in [3.63, 3.8) is 0 Å². The van der Waals surface area contributed by atoms with Crippen molar-refractivity contribution in [1.82, 2.24) is 0 Å². The van der Waals surface area contributed by atoms with E-state index in [4.69, 9.17) is 9.47 Å². The number of anilines is 1. The zero-order chi connectivity index (χ0) is 24.7. The number of carbonyl (C=O) groups excluding carboxylic acids is 2. The van der Waals surface area contributed by atoms with Gasteiger partial charge in [0.2, 0.25) is 0 Å². The molecule has 0 fully saturated rings. The highest BCUT2D eigenvalue weighted by atomic mass is 79.9. The van der Waals surface area contributed by atoms with Gasteiger partial charge in [-0.15, -0.1) is 0 Å². The number of carboxylic acid groups (broad SMARTS) is 1. The van der Waals surface area contributed by atoms with Gasteiger partial charge < -0.3 is 19.9 Å². The Labute approximate surface area is 203 Å². The molecule has 170 valence electrons. The zero-order valence-corrected chi connectivity index (χ0v) is 19.3. The summed E-state index contributed by atoms with van der Waals surface area (Å²) in [5.41, 5.74) is 0.169. The minimum Gasteiger partial charge on any atom is -0.497 e. The van der Waals surface area contributed by atoms with Gasteiger partial charge in [0, 0.05) is 10.0 Å². The molecule has 3 aromatic carbocycles. The summed E-state index contributed by atoms with van der Waals surface area (Å²) in [6.45, 7) is 0. The number of benzene rings is 3. The number of amides is 1. The molecule has 0 aromatic heterocycles. The lowest BCUT2D eigenvalue weighted by Gasteiger charge is -2.10. The van der Waals surface area contributed by atoms with Crippen molar-refractivity contribution in [2.75, 3.05) is 12.4 Å². The normalized spacial score (nSPS) is 10.7. The number of aromatic carboxylic acids is 1. The number of nitriles is 1. The van der Waals surface area contributed by atoms with Gasteiger partial charge in [-0.1, -0.05) is 28.1 Å². The number of nitrogens with zero attached hydrogens (tertiary/aromatic N) is 1. The van der Waals surface area contributed by atoms with Gasteiger partial charge in [0.05, 0.1) is 23.9 Å². The summed E-state index contributed by atoms with van der Waals surface area (Å²) in [5.74, 6) is -1.98. The first-order valence-electron chi connectivity index (χ1n) is 9.73. The number of methoxy groups -OCH3 is 1. The smallest absolute Gasteiger partial charge is 0.343 e. The third-order valence-corrected chi connectivity index (χ3v) is 5.06. The van der Waals surface area contributed by atoms with Gasteiger partial charge in [-0.3, -0.25) is 4.79 Å². The molecule has 0 aliphatic heterocycles. The van der Waals surface area contributed by atoms with E-state index in [-0.39, 0.29) is 33.7 Å². The van der Waals surface area contributed by atoms with E-state index in [1.165, 1.54) is 37.5 Å². The van der Waals surface area contributed by atoms with E-state index in [1.807, 2.05) is 0 Å². The molecule has 3 aromatic rings. The molecule has 0 saturated carbocycles. The van der Waals surface area contributed by atoms with Gasteiger partial charge in [-0.25, -0.2) is 9.59 Å². The fraction of sp³-hybridized carbons (Fsp3) is 0.0400. The topological polar surface area (TPSA) is 126 Å². The zero-order valence-electron chi connectivity index (χ0n) is 17.7. The Kier molecular flexibility index (Phi) is 7.79. The molecule has 34 heavy (non-hydrogen) atoms. The van der Waals surface area contributed by atoms with Crippen LogP contribution in [-0.4, -0.2) is 30.1 Å². The van der Waals surface area contributed by atoms with Crippen LogP contribution < -0.4 is 14.8 Å². The summed E-state index contributed by atoms with van der Waals surface area (Å²) >= 11 is 3.32. The van der Waals surface area contributed by atoms with E-state index in [1.54, 1.807) is 48.5 Å². The van der Waals surface area contributed by atoms with E-state index in [0.717, 1.165) is 0 Å². The van der Waals surface area contributed by atoms with Crippen LogP contribution in [0.15, 0.2) is 76.8 Å². The quantitative estimate of drug-likeness (QED) is 0.196. The maximum absolute atomic E-state index is 12.7. The Bertz CT molecular complexity index is 1330. The molecule has 2 N–H and O–H groups in total. The molecule has 0 aliphatic rings. The number of hydrogen-bond acceptors (Lipinski definition) is 6. The predicted molar refractivity (Wildman–Crippen MR) is 128 cm³/mol. The molecule has 9 heteroatoms. The fourth-order valence-electron chi connectivity index (χ4n) is 2.88. The average molecular weight is 521 g/mol. The summed E-state index contributed by atoms with van der Waals surface area (Å²) in [5, 5.41) is 21.3. The van der Waals surface area contributed by atoms with Crippen LogP contribution in [0.1, 0.15) is 26.3 Å². The molecular formula is C25H17BrN2O6. The van der Waals surface area contributed by atoms with Crippen LogP contribution in [0, 0.1) is 11.3 Å². The highest BCUT2D eigenvalue weighted by Gasteiger charge is 2.17. The van der Waals surface area contributed by atoms with Gasteiger partial charge >= 0.3 is 11.9 Å². The lowest BCUT2D eigenvalue weighted by Crippen LogP contribution is -2.16. The lowest BCUT2D eigenvalue weighted by atomic mass is 10.1. The van der Waals surface area contributed by atoms with Gasteiger partial charge in [-0.05, 0) is 60.7 Å². The number of esters is 1. The second-order valence-electron chi connectivity index (χ2n) is 6.77. The fourth-order valence-corrected chi connectivity index (χ4v) is 3.26. The minimum absolute atomic E-state index is 0.0431. The third kappa shape index (κ3) is 5.88. The number of halogens is 1.